The van der Waals surface area contributed by atoms with Gasteiger partial charge in [-0.2, -0.15) is 0 Å². The summed E-state index contributed by atoms with van der Waals surface area (Å²) in [6.07, 6.45) is 0. The van der Waals surface area contributed by atoms with Crippen molar-refractivity contribution in [1.29, 1.82) is 0 Å². The molecule has 0 saturated heterocycles. The molecule has 0 amide bonds. The summed E-state index contributed by atoms with van der Waals surface area (Å²) in [5, 5.41) is 3.42. The summed E-state index contributed by atoms with van der Waals surface area (Å²) in [6.45, 7) is 2.08. The zero-order valence-corrected chi connectivity index (χ0v) is 19.2. The van der Waals surface area contributed by atoms with Gasteiger partial charge in [0.05, 0.1) is 49.2 Å². The molecule has 1 N–H and O–H groups in total. The van der Waals surface area contributed by atoms with Crippen molar-refractivity contribution >= 4 is 28.6 Å². The maximum atomic E-state index is 13.5. The van der Waals surface area contributed by atoms with Crippen LogP contribution in [0.5, 0.6) is 11.5 Å². The average Bonchev–Trinajstić information content (AvgIpc) is 3.26. The van der Waals surface area contributed by atoms with E-state index in [2.05, 4.69) is 9.88 Å². The van der Waals surface area contributed by atoms with Gasteiger partial charge in [0.1, 0.15) is 11.5 Å². The molecule has 1 aliphatic heterocycles. The number of nitrogens with one attached hydrogen (secondary N) is 1. The van der Waals surface area contributed by atoms with E-state index < -0.39 is 6.04 Å². The minimum absolute atomic E-state index is 0.269. The first kappa shape index (κ1) is 21.6. The van der Waals surface area contributed by atoms with Crippen LogP contribution in [-0.2, 0) is 9.53 Å². The van der Waals surface area contributed by atoms with E-state index in [0.717, 1.165) is 33.7 Å². The number of nitrogens with zero attached hydrogens (tertiary/aromatic N) is 2. The maximum Gasteiger partial charge on any atom is 0.338 e. The first-order valence-corrected chi connectivity index (χ1v) is 11.1. The van der Waals surface area contributed by atoms with Crippen LogP contribution < -0.4 is 14.8 Å². The van der Waals surface area contributed by atoms with Gasteiger partial charge >= 0.3 is 5.97 Å². The van der Waals surface area contributed by atoms with Gasteiger partial charge in [-0.15, -0.1) is 0 Å². The van der Waals surface area contributed by atoms with Crippen LogP contribution in [0.2, 0.25) is 0 Å². The fraction of sp³-hybridized carbons (Fsp3) is 0.185. The highest BCUT2D eigenvalue weighted by Gasteiger charge is 2.36. The number of fused-ring (bicyclic) bond motifs is 3. The maximum absolute atomic E-state index is 13.5. The molecule has 0 bridgehead atoms. The average molecular weight is 456 g/mol. The summed E-state index contributed by atoms with van der Waals surface area (Å²) in [4.78, 5) is 18.3. The number of ether oxygens (including phenoxy) is 3. The van der Waals surface area contributed by atoms with Gasteiger partial charge in [-0.1, -0.05) is 24.3 Å². The molecule has 34 heavy (non-hydrogen) atoms. The summed E-state index contributed by atoms with van der Waals surface area (Å²) in [7, 11) is 3.26. The van der Waals surface area contributed by atoms with Crippen molar-refractivity contribution < 1.29 is 19.0 Å². The second-order valence-corrected chi connectivity index (χ2v) is 7.83. The number of hydrogen-bond donors (Lipinski definition) is 1. The number of esters is 1. The van der Waals surface area contributed by atoms with Crippen molar-refractivity contribution in [2.75, 3.05) is 26.1 Å². The second-order valence-electron chi connectivity index (χ2n) is 7.83. The third kappa shape index (κ3) is 3.65. The van der Waals surface area contributed by atoms with Gasteiger partial charge in [-0.25, -0.2) is 9.78 Å². The van der Waals surface area contributed by atoms with Gasteiger partial charge in [0.2, 0.25) is 5.95 Å². The van der Waals surface area contributed by atoms with E-state index in [0.29, 0.717) is 17.2 Å². The smallest absolute Gasteiger partial charge is 0.338 e. The molecule has 5 rings (SSSR count). The van der Waals surface area contributed by atoms with Crippen LogP contribution in [-0.4, -0.2) is 36.3 Å². The van der Waals surface area contributed by atoms with Crippen molar-refractivity contribution in [3.05, 3.63) is 89.5 Å². The zero-order valence-electron chi connectivity index (χ0n) is 19.2. The number of rotatable bonds is 6. The number of para-hydroxylation sites is 2. The Labute approximate surface area is 197 Å². The molecule has 0 saturated carbocycles. The van der Waals surface area contributed by atoms with Gasteiger partial charge in [0, 0.05) is 0 Å². The number of imidazole rings is 1. The summed E-state index contributed by atoms with van der Waals surface area (Å²) in [5.41, 5.74) is 4.67. The van der Waals surface area contributed by atoms with Gasteiger partial charge in [-0.3, -0.25) is 4.57 Å². The molecule has 172 valence electrons. The highest BCUT2D eigenvalue weighted by Crippen LogP contribution is 2.42. The van der Waals surface area contributed by atoms with Crippen LogP contribution in [0.25, 0.3) is 16.7 Å². The lowest BCUT2D eigenvalue weighted by Gasteiger charge is -2.31. The zero-order chi connectivity index (χ0) is 23.7. The van der Waals surface area contributed by atoms with Crippen molar-refractivity contribution in [3.8, 4) is 11.5 Å². The summed E-state index contributed by atoms with van der Waals surface area (Å²) in [6, 6.07) is 22.7. The van der Waals surface area contributed by atoms with E-state index in [1.54, 1.807) is 14.2 Å². The van der Waals surface area contributed by atoms with Gasteiger partial charge < -0.3 is 19.5 Å². The van der Waals surface area contributed by atoms with E-state index in [-0.39, 0.29) is 12.6 Å². The Morgan fingerprint density at radius 2 is 1.59 bits per heavy atom. The van der Waals surface area contributed by atoms with Gasteiger partial charge in [0.25, 0.3) is 0 Å². The molecule has 4 aromatic rings. The molecule has 0 fully saturated rings. The van der Waals surface area contributed by atoms with Gasteiger partial charge in [0.15, 0.2) is 0 Å². The van der Waals surface area contributed by atoms with Crippen LogP contribution in [0, 0.1) is 0 Å². The lowest BCUT2D eigenvalue weighted by atomic mass is 9.92. The third-order valence-corrected chi connectivity index (χ3v) is 5.94. The molecule has 0 aliphatic carbocycles. The summed E-state index contributed by atoms with van der Waals surface area (Å²) in [5.74, 6) is 1.74. The quantitative estimate of drug-likeness (QED) is 0.411. The Morgan fingerprint density at radius 3 is 2.24 bits per heavy atom. The molecule has 2 heterocycles. The molecule has 7 heteroatoms. The number of carbonyl (C=O) groups excluding carboxylic acids is 1. The number of anilines is 1. The van der Waals surface area contributed by atoms with E-state index in [9.17, 15) is 4.79 Å². The van der Waals surface area contributed by atoms with Crippen LogP contribution >= 0.6 is 0 Å². The number of aromatic nitrogens is 2. The Morgan fingerprint density at radius 1 is 0.941 bits per heavy atom. The second kappa shape index (κ2) is 8.94. The number of hydrogen-bond acceptors (Lipinski definition) is 6. The molecule has 7 nitrogen and oxygen atoms in total. The molecule has 1 aromatic heterocycles. The van der Waals surface area contributed by atoms with Crippen molar-refractivity contribution in [2.45, 2.75) is 13.0 Å². The molecule has 0 spiro atoms. The lowest BCUT2D eigenvalue weighted by molar-refractivity contribution is -0.138. The number of benzene rings is 3. The Bertz CT molecular complexity index is 1370. The van der Waals surface area contributed by atoms with E-state index in [1.807, 2.05) is 79.7 Å². The predicted molar refractivity (Wildman–Crippen MR) is 131 cm³/mol. The van der Waals surface area contributed by atoms with Crippen molar-refractivity contribution in [3.63, 3.8) is 0 Å². The molecule has 0 radical (unpaired) electrons. The monoisotopic (exact) mass is 455 g/mol. The van der Waals surface area contributed by atoms with E-state index in [4.69, 9.17) is 19.2 Å². The molecular weight excluding hydrogens is 430 g/mol. The summed E-state index contributed by atoms with van der Waals surface area (Å²) >= 11 is 0. The molecule has 3 aromatic carbocycles. The van der Waals surface area contributed by atoms with E-state index >= 15 is 0 Å². The molecule has 1 atom stereocenters. The minimum Gasteiger partial charge on any atom is -0.497 e. The third-order valence-electron chi connectivity index (χ3n) is 5.94. The molecule has 1 aliphatic rings. The van der Waals surface area contributed by atoms with Crippen molar-refractivity contribution in [2.24, 2.45) is 0 Å². The fourth-order valence-electron chi connectivity index (χ4n) is 4.35. The SMILES string of the molecule is CCOC(=O)C1=C(c2ccc(OC)cc2)Nc2nc3ccccc3n2[C@H]1c1ccc(OC)cc1. The van der Waals surface area contributed by atoms with Crippen LogP contribution in [0.15, 0.2) is 78.4 Å². The number of carbonyl (C=O) groups is 1. The highest BCUT2D eigenvalue weighted by molar-refractivity contribution is 6.03. The molecular formula is C27H25N3O4. The largest absolute Gasteiger partial charge is 0.497 e. The van der Waals surface area contributed by atoms with Crippen molar-refractivity contribution in [1.82, 2.24) is 9.55 Å². The summed E-state index contributed by atoms with van der Waals surface area (Å²) < 4.78 is 18.3. The topological polar surface area (TPSA) is 74.6 Å². The highest BCUT2D eigenvalue weighted by atomic mass is 16.5. The standard InChI is InChI=1S/C27H25N3O4/c1-4-34-26(31)23-24(17-9-13-19(32-2)14-10-17)29-27-28-21-7-5-6-8-22(21)30(27)25(23)18-11-15-20(33-3)16-12-18/h5-16,25H,4H2,1-3H3,(H,28,29)/t25-/m0/s1. The Balaban J connectivity index is 1.79. The van der Waals surface area contributed by atoms with Crippen LogP contribution in [0.3, 0.4) is 0 Å². The normalized spacial score (nSPS) is 15.0. The van der Waals surface area contributed by atoms with Crippen LogP contribution in [0.1, 0.15) is 24.1 Å². The first-order valence-electron chi connectivity index (χ1n) is 11.1. The molecule has 0 unspecified atom stereocenters. The van der Waals surface area contributed by atoms with E-state index in [1.165, 1.54) is 0 Å². The minimum atomic E-state index is -0.453. The predicted octanol–water partition coefficient (Wildman–Crippen LogP) is 5.04. The number of methoxy groups -OCH3 is 2. The Kier molecular flexibility index (Phi) is 5.67. The van der Waals surface area contributed by atoms with Crippen LogP contribution in [0.4, 0.5) is 5.95 Å². The fourth-order valence-corrected chi connectivity index (χ4v) is 4.35. The lowest BCUT2D eigenvalue weighted by Crippen LogP contribution is -2.29. The Hall–Kier alpha value is -4.26. The van der Waals surface area contributed by atoms with Gasteiger partial charge in [-0.05, 0) is 66.6 Å². The first-order chi connectivity index (χ1) is 16.6.